The molecule has 8 heterocycles. The summed E-state index contributed by atoms with van der Waals surface area (Å²) in [5.41, 5.74) is 12.9. The van der Waals surface area contributed by atoms with Gasteiger partial charge in [0.15, 0.2) is 17.5 Å². The molecule has 8 N–H and O–H groups in total. The summed E-state index contributed by atoms with van der Waals surface area (Å²) in [7, 11) is -1.53. The third-order valence-corrected chi connectivity index (χ3v) is 8.88. The number of nitrogens with two attached hydrogens (primary N) is 2. The van der Waals surface area contributed by atoms with E-state index in [4.69, 9.17) is 36.0 Å². The zero-order valence-corrected chi connectivity index (χ0v) is 32.0. The van der Waals surface area contributed by atoms with Gasteiger partial charge in [-0.25, -0.2) is 38.9 Å². The van der Waals surface area contributed by atoms with Crippen molar-refractivity contribution in [1.29, 1.82) is 0 Å². The van der Waals surface area contributed by atoms with Crippen molar-refractivity contribution in [2.45, 2.75) is 60.7 Å². The minimum atomic E-state index is -1.53. The smallest absolute Gasteiger partial charge is 0.423 e. The summed E-state index contributed by atoms with van der Waals surface area (Å²) in [6, 6.07) is 7.68. The molecule has 20 nitrogen and oxygen atoms in total. The van der Waals surface area contributed by atoms with Gasteiger partial charge in [0.05, 0.1) is 43.4 Å². The maximum atomic E-state index is 10.5. The van der Waals surface area contributed by atoms with Crippen LogP contribution in [0, 0.1) is 6.92 Å². The number of rotatable bonds is 6. The second kappa shape index (κ2) is 18.8. The van der Waals surface area contributed by atoms with Gasteiger partial charge in [0, 0.05) is 56.4 Å². The van der Waals surface area contributed by atoms with E-state index < -0.39 is 18.3 Å². The Hall–Kier alpha value is -5.58. The molecular formula is C37H55BN14O6. The van der Waals surface area contributed by atoms with Gasteiger partial charge >= 0.3 is 7.12 Å². The summed E-state index contributed by atoms with van der Waals surface area (Å²) in [6.07, 6.45) is 5.71. The van der Waals surface area contributed by atoms with E-state index in [2.05, 4.69) is 44.9 Å². The molecule has 0 radical (unpaired) electrons. The molecule has 2 fully saturated rings. The zero-order chi connectivity index (χ0) is 40.2. The molecule has 0 unspecified atom stereocenters. The fraction of sp³-hybridized carbons (Fsp3) is 0.459. The first-order chi connectivity index (χ1) is 26.6. The SMILES string of the molecule is C.C.CC(C)(O)c1ccc2c(N3CCOCC3)nc(-c3cnc(N)nc3)nn12.Cc1nc(N2CCOCC2)c2ccc(C(C)(C)O)n2n1.Nc1ncc(B(O)O)cn1. The van der Waals surface area contributed by atoms with Crippen molar-refractivity contribution in [2.24, 2.45) is 0 Å². The highest BCUT2D eigenvalue weighted by atomic mass is 16.5. The van der Waals surface area contributed by atoms with Gasteiger partial charge < -0.3 is 51.0 Å². The van der Waals surface area contributed by atoms with E-state index in [-0.39, 0.29) is 32.2 Å². The van der Waals surface area contributed by atoms with Crippen molar-refractivity contribution in [3.8, 4) is 11.4 Å². The second-order valence-corrected chi connectivity index (χ2v) is 14.2. The number of anilines is 4. The van der Waals surface area contributed by atoms with Crippen molar-refractivity contribution in [2.75, 3.05) is 73.9 Å². The van der Waals surface area contributed by atoms with Crippen LogP contribution in [0.2, 0.25) is 0 Å². The maximum Gasteiger partial charge on any atom is 0.491 e. The largest absolute Gasteiger partial charge is 0.491 e. The van der Waals surface area contributed by atoms with Crippen LogP contribution in [0.3, 0.4) is 0 Å². The predicted octanol–water partition coefficient (Wildman–Crippen LogP) is 0.945. The van der Waals surface area contributed by atoms with E-state index in [0.29, 0.717) is 49.3 Å². The first-order valence-electron chi connectivity index (χ1n) is 18.0. The molecule has 0 spiro atoms. The van der Waals surface area contributed by atoms with E-state index in [9.17, 15) is 10.2 Å². The number of fused-ring (bicyclic) bond motifs is 2. The normalized spacial score (nSPS) is 14.4. The molecule has 6 aromatic rings. The van der Waals surface area contributed by atoms with Crippen LogP contribution in [-0.4, -0.2) is 129 Å². The van der Waals surface area contributed by atoms with Gasteiger partial charge in [-0.1, -0.05) is 14.9 Å². The van der Waals surface area contributed by atoms with Crippen molar-refractivity contribution in [3.05, 3.63) is 66.3 Å². The predicted molar refractivity (Wildman–Crippen MR) is 222 cm³/mol. The van der Waals surface area contributed by atoms with Crippen LogP contribution < -0.4 is 26.7 Å². The minimum absolute atomic E-state index is 0. The second-order valence-electron chi connectivity index (χ2n) is 14.2. The van der Waals surface area contributed by atoms with Gasteiger partial charge in [0.25, 0.3) is 0 Å². The van der Waals surface area contributed by atoms with Crippen LogP contribution in [0.5, 0.6) is 0 Å². The maximum absolute atomic E-state index is 10.5. The Morgan fingerprint density at radius 1 is 0.638 bits per heavy atom. The van der Waals surface area contributed by atoms with Gasteiger partial charge in [-0.05, 0) is 58.9 Å². The number of aromatic nitrogens is 10. The summed E-state index contributed by atoms with van der Waals surface area (Å²) in [5.74, 6) is 3.19. The molecule has 0 amide bonds. The molecule has 6 aromatic heterocycles. The molecule has 2 saturated heterocycles. The summed E-state index contributed by atoms with van der Waals surface area (Å²) in [5, 5.41) is 46.9. The molecule has 58 heavy (non-hydrogen) atoms. The van der Waals surface area contributed by atoms with Crippen LogP contribution in [0.25, 0.3) is 22.4 Å². The molecular weight excluding hydrogens is 747 g/mol. The summed E-state index contributed by atoms with van der Waals surface area (Å²) in [6.45, 7) is 14.7. The Kier molecular flexibility index (Phi) is 14.6. The van der Waals surface area contributed by atoms with E-state index in [1.165, 1.54) is 12.4 Å². The average molecular weight is 803 g/mol. The summed E-state index contributed by atoms with van der Waals surface area (Å²) >= 11 is 0. The molecule has 0 saturated carbocycles. The lowest BCUT2D eigenvalue weighted by atomic mass is 9.83. The van der Waals surface area contributed by atoms with E-state index >= 15 is 0 Å². The number of nitrogen functional groups attached to an aromatic ring is 2. The van der Waals surface area contributed by atoms with Crippen LogP contribution in [0.1, 0.15) is 59.8 Å². The van der Waals surface area contributed by atoms with E-state index in [1.807, 2.05) is 31.2 Å². The Morgan fingerprint density at radius 3 is 1.48 bits per heavy atom. The van der Waals surface area contributed by atoms with Gasteiger partial charge in [-0.2, -0.15) is 5.10 Å². The van der Waals surface area contributed by atoms with Crippen LogP contribution in [-0.2, 0) is 20.7 Å². The lowest BCUT2D eigenvalue weighted by Gasteiger charge is -2.28. The van der Waals surface area contributed by atoms with Gasteiger partial charge in [0.1, 0.15) is 28.1 Å². The quantitative estimate of drug-likeness (QED) is 0.128. The van der Waals surface area contributed by atoms with Crippen LogP contribution in [0.4, 0.5) is 23.5 Å². The fourth-order valence-electron chi connectivity index (χ4n) is 6.06. The monoisotopic (exact) mass is 802 g/mol. The Morgan fingerprint density at radius 2 is 1.05 bits per heavy atom. The van der Waals surface area contributed by atoms with Crippen molar-refractivity contribution < 1.29 is 29.7 Å². The Balaban J connectivity index is 0.000000207. The van der Waals surface area contributed by atoms with Crippen molar-refractivity contribution in [3.63, 3.8) is 0 Å². The molecule has 0 aliphatic carbocycles. The molecule has 21 heteroatoms. The Labute approximate surface area is 337 Å². The third-order valence-electron chi connectivity index (χ3n) is 8.88. The number of aliphatic hydroxyl groups is 2. The first-order valence-corrected chi connectivity index (χ1v) is 18.0. The number of hydrogen-bond acceptors (Lipinski definition) is 18. The van der Waals surface area contributed by atoms with Crippen LogP contribution >= 0.6 is 0 Å². The molecule has 312 valence electrons. The standard InChI is InChI=1S/C17H21N7O2.C14H20N4O2.C4H6BN3O2.2CH4/c1-17(2,25)13-4-3-12-15(23-5-7-26-8-6-23)21-14(22-24(12)13)11-9-19-16(18)20-10-11;1-10-15-13(17-6-8-20-9-7-17)11-4-5-12(14(2,3)19)18(11)16-10;6-4-7-1-3(2-8-4)5(9)10;;/h3-4,9-10,25H,5-8H2,1-2H3,(H2,18,19,20);4-5,19H,6-9H2,1-3H3;1-2,9-10H,(H2,6,7,8);2*1H4. The molecule has 8 rings (SSSR count). The fourth-order valence-corrected chi connectivity index (χ4v) is 6.06. The molecule has 2 aliphatic heterocycles. The van der Waals surface area contributed by atoms with Gasteiger partial charge in [-0.3, -0.25) is 0 Å². The molecule has 0 bridgehead atoms. The van der Waals surface area contributed by atoms with Crippen molar-refractivity contribution >= 4 is 47.1 Å². The van der Waals surface area contributed by atoms with Gasteiger partial charge in [-0.15, -0.1) is 5.10 Å². The van der Waals surface area contributed by atoms with E-state index in [1.54, 1.807) is 49.1 Å². The third kappa shape index (κ3) is 10.5. The first kappa shape index (κ1) is 45.1. The number of aryl methyl sites for hydroxylation is 1. The lowest BCUT2D eigenvalue weighted by molar-refractivity contribution is 0.0713. The highest BCUT2D eigenvalue weighted by molar-refractivity contribution is 6.58. The number of ether oxygens (including phenoxy) is 2. The highest BCUT2D eigenvalue weighted by Gasteiger charge is 2.26. The molecule has 0 aromatic carbocycles. The highest BCUT2D eigenvalue weighted by Crippen LogP contribution is 2.30. The lowest BCUT2D eigenvalue weighted by Crippen LogP contribution is -2.37. The number of morpholine rings is 2. The summed E-state index contributed by atoms with van der Waals surface area (Å²) in [4.78, 5) is 28.9. The molecule has 2 aliphatic rings. The zero-order valence-electron chi connectivity index (χ0n) is 32.0. The number of nitrogens with zero attached hydrogens (tertiary/aromatic N) is 12. The Bertz CT molecular complexity index is 2230. The number of hydrogen-bond donors (Lipinski definition) is 6. The topological polar surface area (TPSA) is 270 Å². The minimum Gasteiger partial charge on any atom is -0.423 e. The summed E-state index contributed by atoms with van der Waals surface area (Å²) < 4.78 is 14.4. The van der Waals surface area contributed by atoms with Gasteiger partial charge in [0.2, 0.25) is 11.9 Å². The average Bonchev–Trinajstić information content (AvgIpc) is 3.81. The van der Waals surface area contributed by atoms with Crippen molar-refractivity contribution in [1.82, 2.24) is 49.1 Å². The van der Waals surface area contributed by atoms with Crippen LogP contribution in [0.15, 0.2) is 49.1 Å². The molecule has 0 atom stereocenters. The van der Waals surface area contributed by atoms with E-state index in [0.717, 1.165) is 54.5 Å².